The molecule has 1 aromatic carbocycles. The molecule has 1 fully saturated rings. The number of hydrogen-bond donors (Lipinski definition) is 0. The van der Waals surface area contributed by atoms with E-state index in [1.807, 2.05) is 28.0 Å². The van der Waals surface area contributed by atoms with Crippen LogP contribution in [0, 0.1) is 0 Å². The fourth-order valence-corrected chi connectivity index (χ4v) is 4.57. The minimum Gasteiger partial charge on any atom is -0.486 e. The predicted octanol–water partition coefficient (Wildman–Crippen LogP) is 3.31. The summed E-state index contributed by atoms with van der Waals surface area (Å²) in [6, 6.07) is 8.43. The van der Waals surface area contributed by atoms with Crippen LogP contribution in [0.15, 0.2) is 42.6 Å². The molecule has 10 heteroatoms. The first kappa shape index (κ1) is 23.5. The molecule has 0 unspecified atom stereocenters. The summed E-state index contributed by atoms with van der Waals surface area (Å²) in [6.45, 7) is 5.20. The Kier molecular flexibility index (Phi) is 6.55. The van der Waals surface area contributed by atoms with Crippen LogP contribution in [0.4, 0.5) is 19.0 Å². The highest BCUT2D eigenvalue weighted by Crippen LogP contribution is 2.34. The minimum atomic E-state index is -4.39. The molecule has 0 saturated carbocycles. The summed E-state index contributed by atoms with van der Waals surface area (Å²) < 4.78 is 49.5. The van der Waals surface area contributed by atoms with Crippen LogP contribution in [0.25, 0.3) is 5.57 Å². The van der Waals surface area contributed by atoms with Crippen molar-refractivity contribution in [2.45, 2.75) is 12.6 Å². The quantitative estimate of drug-likeness (QED) is 0.659. The number of nitrogens with zero attached hydrogens (tertiary/aromatic N) is 4. The first-order chi connectivity index (χ1) is 16.9. The van der Waals surface area contributed by atoms with E-state index in [4.69, 9.17) is 9.47 Å². The number of anilines is 1. The lowest BCUT2D eigenvalue weighted by molar-refractivity contribution is -0.137. The van der Waals surface area contributed by atoms with Gasteiger partial charge in [0.15, 0.2) is 11.5 Å². The molecule has 0 aliphatic carbocycles. The summed E-state index contributed by atoms with van der Waals surface area (Å²) in [6.07, 6.45) is -0.646. The molecule has 1 saturated heterocycles. The van der Waals surface area contributed by atoms with Crippen molar-refractivity contribution in [3.63, 3.8) is 0 Å². The number of halogens is 3. The van der Waals surface area contributed by atoms with Crippen molar-refractivity contribution < 1.29 is 27.4 Å². The Hall–Kier alpha value is -3.27. The van der Waals surface area contributed by atoms with Crippen LogP contribution < -0.4 is 14.4 Å². The molecule has 1 aromatic heterocycles. The Labute approximate surface area is 201 Å². The van der Waals surface area contributed by atoms with Gasteiger partial charge in [0, 0.05) is 45.5 Å². The maximum atomic E-state index is 12.9. The van der Waals surface area contributed by atoms with Crippen molar-refractivity contribution in [3.8, 4) is 11.5 Å². The molecule has 35 heavy (non-hydrogen) atoms. The van der Waals surface area contributed by atoms with E-state index in [0.717, 1.165) is 35.7 Å². The van der Waals surface area contributed by atoms with Gasteiger partial charge >= 0.3 is 6.18 Å². The number of fused-ring (bicyclic) bond motifs is 1. The van der Waals surface area contributed by atoms with Crippen LogP contribution in [0.3, 0.4) is 0 Å². The molecule has 0 bridgehead atoms. The molecule has 4 heterocycles. The number of carbonyl (C=O) groups is 1. The average molecular weight is 489 g/mol. The second-order valence-electron chi connectivity index (χ2n) is 8.84. The van der Waals surface area contributed by atoms with Gasteiger partial charge in [-0.2, -0.15) is 13.2 Å². The Morgan fingerprint density at radius 1 is 0.971 bits per heavy atom. The number of pyridine rings is 1. The van der Waals surface area contributed by atoms with Crippen LogP contribution in [0.2, 0.25) is 0 Å². The van der Waals surface area contributed by atoms with Crippen LogP contribution in [0.5, 0.6) is 11.5 Å². The van der Waals surface area contributed by atoms with E-state index in [9.17, 15) is 18.0 Å². The van der Waals surface area contributed by atoms with Crippen LogP contribution >= 0.6 is 0 Å². The molecule has 0 spiro atoms. The third-order valence-electron chi connectivity index (χ3n) is 6.61. The second kappa shape index (κ2) is 9.77. The Morgan fingerprint density at radius 2 is 1.74 bits per heavy atom. The standard InChI is InChI=1S/C25H27F3N4O3/c26-25(27,28)20-2-4-23(29-16-20)31-11-9-30(10-12-31)17-24(33)32-7-5-18(6-8-32)19-1-3-21-22(15-19)35-14-13-34-21/h1-5,15-16H,6-14,17H2. The van der Waals surface area contributed by atoms with E-state index in [2.05, 4.69) is 16.0 Å². The molecule has 7 nitrogen and oxygen atoms in total. The third-order valence-corrected chi connectivity index (χ3v) is 6.61. The predicted molar refractivity (Wildman–Crippen MR) is 124 cm³/mol. The summed E-state index contributed by atoms with van der Waals surface area (Å²) in [5.41, 5.74) is 1.54. The van der Waals surface area contributed by atoms with E-state index < -0.39 is 11.7 Å². The van der Waals surface area contributed by atoms with Gasteiger partial charge in [0.2, 0.25) is 5.91 Å². The fraction of sp³-hybridized carbons (Fsp3) is 0.440. The highest BCUT2D eigenvalue weighted by atomic mass is 19.4. The van der Waals surface area contributed by atoms with E-state index in [0.29, 0.717) is 64.8 Å². The molecule has 2 aromatic rings. The molecule has 1 amide bonds. The number of hydrogen-bond acceptors (Lipinski definition) is 6. The summed E-state index contributed by atoms with van der Waals surface area (Å²) >= 11 is 0. The van der Waals surface area contributed by atoms with Crippen LogP contribution in [-0.2, 0) is 11.0 Å². The molecule has 3 aliphatic rings. The number of rotatable bonds is 4. The van der Waals surface area contributed by atoms with Crippen molar-refractivity contribution in [2.75, 3.05) is 63.9 Å². The van der Waals surface area contributed by atoms with Gasteiger partial charge in [0.1, 0.15) is 19.0 Å². The molecule has 0 N–H and O–H groups in total. The molecule has 3 aliphatic heterocycles. The molecule has 186 valence electrons. The van der Waals surface area contributed by atoms with Crippen molar-refractivity contribution in [1.82, 2.24) is 14.8 Å². The fourth-order valence-electron chi connectivity index (χ4n) is 4.57. The summed E-state index contributed by atoms with van der Waals surface area (Å²) in [4.78, 5) is 22.7. The highest BCUT2D eigenvalue weighted by Gasteiger charge is 2.31. The van der Waals surface area contributed by atoms with Gasteiger partial charge in [0.25, 0.3) is 0 Å². The average Bonchev–Trinajstić information content (AvgIpc) is 2.88. The van der Waals surface area contributed by atoms with E-state index in [1.165, 1.54) is 11.6 Å². The Balaban J connectivity index is 1.11. The van der Waals surface area contributed by atoms with Gasteiger partial charge in [-0.15, -0.1) is 0 Å². The monoisotopic (exact) mass is 488 g/mol. The largest absolute Gasteiger partial charge is 0.486 e. The summed E-state index contributed by atoms with van der Waals surface area (Å²) in [5, 5.41) is 0. The Morgan fingerprint density at radius 3 is 2.40 bits per heavy atom. The summed E-state index contributed by atoms with van der Waals surface area (Å²) in [7, 11) is 0. The number of aromatic nitrogens is 1. The maximum Gasteiger partial charge on any atom is 0.417 e. The SMILES string of the molecule is O=C(CN1CCN(c2ccc(C(F)(F)F)cn2)CC1)N1CC=C(c2ccc3c(c2)OCCO3)CC1. The second-order valence-corrected chi connectivity index (χ2v) is 8.84. The highest BCUT2D eigenvalue weighted by molar-refractivity contribution is 5.80. The zero-order valence-corrected chi connectivity index (χ0v) is 19.3. The van der Waals surface area contributed by atoms with Crippen LogP contribution in [0.1, 0.15) is 17.5 Å². The Bertz CT molecular complexity index is 1100. The van der Waals surface area contributed by atoms with Crippen molar-refractivity contribution in [2.24, 2.45) is 0 Å². The number of piperazine rings is 1. The number of carbonyl (C=O) groups excluding carboxylic acids is 1. The van der Waals surface area contributed by atoms with E-state index in [1.54, 1.807) is 0 Å². The lowest BCUT2D eigenvalue weighted by atomic mass is 9.99. The smallest absolute Gasteiger partial charge is 0.417 e. The van der Waals surface area contributed by atoms with Gasteiger partial charge < -0.3 is 19.3 Å². The van der Waals surface area contributed by atoms with Crippen molar-refractivity contribution in [1.29, 1.82) is 0 Å². The van der Waals surface area contributed by atoms with E-state index in [-0.39, 0.29) is 5.91 Å². The zero-order valence-electron chi connectivity index (χ0n) is 19.3. The van der Waals surface area contributed by atoms with Gasteiger partial charge in [0.05, 0.1) is 12.1 Å². The lowest BCUT2D eigenvalue weighted by Crippen LogP contribution is -2.50. The summed E-state index contributed by atoms with van der Waals surface area (Å²) in [5.74, 6) is 2.14. The normalized spacial score (nSPS) is 18.9. The lowest BCUT2D eigenvalue weighted by Gasteiger charge is -2.36. The third kappa shape index (κ3) is 5.37. The maximum absolute atomic E-state index is 12.9. The van der Waals surface area contributed by atoms with Crippen molar-refractivity contribution >= 4 is 17.3 Å². The van der Waals surface area contributed by atoms with Gasteiger partial charge in [-0.05, 0) is 41.8 Å². The molecule has 0 atom stereocenters. The van der Waals surface area contributed by atoms with Crippen LogP contribution in [-0.4, -0.2) is 79.7 Å². The number of benzene rings is 1. The zero-order chi connectivity index (χ0) is 24.4. The number of amides is 1. The topological polar surface area (TPSA) is 58.1 Å². The first-order valence-corrected chi connectivity index (χ1v) is 11.7. The van der Waals surface area contributed by atoms with Gasteiger partial charge in [-0.1, -0.05) is 12.1 Å². The number of alkyl halides is 3. The first-order valence-electron chi connectivity index (χ1n) is 11.7. The molecular weight excluding hydrogens is 461 g/mol. The van der Waals surface area contributed by atoms with Gasteiger partial charge in [-0.3, -0.25) is 9.69 Å². The van der Waals surface area contributed by atoms with E-state index >= 15 is 0 Å². The molecule has 5 rings (SSSR count). The number of ether oxygens (including phenoxy) is 2. The minimum absolute atomic E-state index is 0.0866. The molecule has 0 radical (unpaired) electrons. The molecular formula is C25H27F3N4O3. The van der Waals surface area contributed by atoms with Gasteiger partial charge in [-0.25, -0.2) is 4.98 Å². The van der Waals surface area contributed by atoms with Crippen molar-refractivity contribution in [3.05, 3.63) is 53.7 Å².